The number of ether oxygens (including phenoxy) is 2. The first-order valence-electron chi connectivity index (χ1n) is 10.5. The number of sulfonamides is 1. The van der Waals surface area contributed by atoms with Crippen LogP contribution in [0, 0.1) is 0 Å². The lowest BCUT2D eigenvalue weighted by Gasteiger charge is -2.26. The summed E-state index contributed by atoms with van der Waals surface area (Å²) in [6.45, 7) is 1.57. The van der Waals surface area contributed by atoms with Crippen molar-refractivity contribution in [3.05, 3.63) is 58.1 Å². The van der Waals surface area contributed by atoms with Crippen LogP contribution in [0.15, 0.2) is 47.6 Å². The number of rotatable bonds is 9. The molecule has 0 spiro atoms. The predicted molar refractivity (Wildman–Crippen MR) is 134 cm³/mol. The van der Waals surface area contributed by atoms with Crippen LogP contribution in [0.3, 0.4) is 0 Å². The van der Waals surface area contributed by atoms with Crippen LogP contribution in [-0.2, 0) is 24.3 Å². The number of benzene rings is 2. The van der Waals surface area contributed by atoms with Crippen molar-refractivity contribution in [2.24, 2.45) is 5.10 Å². The molecule has 35 heavy (non-hydrogen) atoms. The van der Waals surface area contributed by atoms with E-state index in [0.717, 1.165) is 10.6 Å². The van der Waals surface area contributed by atoms with Gasteiger partial charge in [0.15, 0.2) is 6.61 Å². The largest absolute Gasteiger partial charge is 0.484 e. The molecule has 1 saturated heterocycles. The highest BCUT2D eigenvalue weighted by Gasteiger charge is 2.21. The Morgan fingerprint density at radius 2 is 1.77 bits per heavy atom. The Morgan fingerprint density at radius 1 is 1.14 bits per heavy atom. The number of amides is 2. The lowest BCUT2D eigenvalue weighted by Crippen LogP contribution is -2.42. The first-order chi connectivity index (χ1) is 16.6. The van der Waals surface area contributed by atoms with Crippen molar-refractivity contribution < 1.29 is 27.5 Å². The first-order valence-corrected chi connectivity index (χ1v) is 13.1. The van der Waals surface area contributed by atoms with Crippen molar-refractivity contribution in [3.8, 4) is 5.75 Å². The summed E-state index contributed by atoms with van der Waals surface area (Å²) in [6, 6.07) is 11.0. The molecule has 1 N–H and O–H groups in total. The quantitative estimate of drug-likeness (QED) is 0.383. The highest BCUT2D eigenvalue weighted by atomic mass is 35.5. The van der Waals surface area contributed by atoms with Gasteiger partial charge in [0.05, 0.1) is 31.4 Å². The molecular formula is C22H24Cl2N4O6S. The van der Waals surface area contributed by atoms with Gasteiger partial charge in [0, 0.05) is 23.1 Å². The van der Waals surface area contributed by atoms with Gasteiger partial charge in [-0.05, 0) is 48.0 Å². The molecule has 0 radical (unpaired) electrons. The van der Waals surface area contributed by atoms with E-state index in [1.807, 2.05) is 0 Å². The Bertz CT molecular complexity index is 1160. The molecule has 0 aromatic heterocycles. The number of nitrogens with one attached hydrogen (secondary N) is 1. The summed E-state index contributed by atoms with van der Waals surface area (Å²) in [5.41, 5.74) is 3.10. The van der Waals surface area contributed by atoms with Crippen LogP contribution >= 0.6 is 23.2 Å². The topological polar surface area (TPSA) is 118 Å². The zero-order valence-electron chi connectivity index (χ0n) is 18.8. The van der Waals surface area contributed by atoms with Crippen LogP contribution in [0.4, 0.5) is 5.69 Å². The van der Waals surface area contributed by atoms with Gasteiger partial charge in [-0.1, -0.05) is 23.2 Å². The van der Waals surface area contributed by atoms with Crippen LogP contribution in [0.25, 0.3) is 0 Å². The number of carbonyl (C=O) groups is 2. The van der Waals surface area contributed by atoms with Crippen molar-refractivity contribution in [3.63, 3.8) is 0 Å². The van der Waals surface area contributed by atoms with Gasteiger partial charge in [0.1, 0.15) is 12.3 Å². The maximum Gasteiger partial charge on any atom is 0.260 e. The molecule has 2 amide bonds. The van der Waals surface area contributed by atoms with Crippen LogP contribution in [0.2, 0.25) is 10.0 Å². The third-order valence-corrected chi connectivity index (χ3v) is 6.41. The third kappa shape index (κ3) is 8.39. The highest BCUT2D eigenvalue weighted by molar-refractivity contribution is 7.92. The molecule has 0 atom stereocenters. The minimum atomic E-state index is -3.79. The predicted octanol–water partition coefficient (Wildman–Crippen LogP) is 2.15. The van der Waals surface area contributed by atoms with E-state index in [9.17, 15) is 18.0 Å². The van der Waals surface area contributed by atoms with Gasteiger partial charge in [-0.3, -0.25) is 13.9 Å². The Balaban J connectivity index is 1.52. The number of nitrogens with zero attached hydrogens (tertiary/aromatic N) is 3. The van der Waals surface area contributed by atoms with E-state index in [1.165, 1.54) is 24.4 Å². The molecule has 188 valence electrons. The van der Waals surface area contributed by atoms with E-state index in [4.69, 9.17) is 32.7 Å². The van der Waals surface area contributed by atoms with E-state index in [-0.39, 0.29) is 28.2 Å². The Hall–Kier alpha value is -2.86. The van der Waals surface area contributed by atoms with Gasteiger partial charge in [-0.15, -0.1) is 0 Å². The van der Waals surface area contributed by atoms with Gasteiger partial charge in [0.25, 0.3) is 11.8 Å². The average Bonchev–Trinajstić information content (AvgIpc) is 2.81. The van der Waals surface area contributed by atoms with Gasteiger partial charge >= 0.3 is 0 Å². The maximum absolute atomic E-state index is 12.3. The Morgan fingerprint density at radius 3 is 2.37 bits per heavy atom. The zero-order valence-corrected chi connectivity index (χ0v) is 21.1. The molecule has 0 saturated carbocycles. The number of hydrogen-bond donors (Lipinski definition) is 1. The summed E-state index contributed by atoms with van der Waals surface area (Å²) in [6.07, 6.45) is 2.36. The Labute approximate surface area is 213 Å². The molecule has 0 aliphatic carbocycles. The fraction of sp³-hybridized carbons (Fsp3) is 0.318. The van der Waals surface area contributed by atoms with Gasteiger partial charge in [-0.2, -0.15) is 5.10 Å². The molecule has 10 nitrogen and oxygen atoms in total. The molecule has 3 rings (SSSR count). The standard InChI is InChI=1S/C22H24Cl2N4O6S/c1-35(31,32)28(19-11-17(23)10-18(24)12-19)14-21(29)26-25-13-16-2-4-20(5-3-16)34-15-22(30)27-6-8-33-9-7-27/h2-5,10-13H,6-9,14-15H2,1H3,(H,26,29)/b25-13-. The summed E-state index contributed by atoms with van der Waals surface area (Å²) in [5.74, 6) is -0.258. The van der Waals surface area contributed by atoms with Gasteiger partial charge < -0.3 is 14.4 Å². The minimum Gasteiger partial charge on any atom is -0.484 e. The van der Waals surface area contributed by atoms with Crippen LogP contribution in [0.5, 0.6) is 5.75 Å². The van der Waals surface area contributed by atoms with E-state index >= 15 is 0 Å². The monoisotopic (exact) mass is 542 g/mol. The molecule has 2 aromatic carbocycles. The summed E-state index contributed by atoms with van der Waals surface area (Å²) in [4.78, 5) is 26.1. The third-order valence-electron chi connectivity index (χ3n) is 4.83. The normalized spacial score (nSPS) is 14.1. The molecular weight excluding hydrogens is 519 g/mol. The highest BCUT2D eigenvalue weighted by Crippen LogP contribution is 2.26. The van der Waals surface area contributed by atoms with Crippen molar-refractivity contribution >= 4 is 56.9 Å². The van der Waals surface area contributed by atoms with E-state index in [1.54, 1.807) is 29.2 Å². The second-order valence-corrected chi connectivity index (χ2v) is 10.3. The molecule has 1 fully saturated rings. The second-order valence-electron chi connectivity index (χ2n) is 7.54. The summed E-state index contributed by atoms with van der Waals surface area (Å²) in [7, 11) is -3.79. The van der Waals surface area contributed by atoms with Crippen LogP contribution in [-0.4, -0.2) is 77.1 Å². The fourth-order valence-electron chi connectivity index (χ4n) is 3.13. The zero-order chi connectivity index (χ0) is 25.4. The number of morpholine rings is 1. The van der Waals surface area contributed by atoms with Crippen molar-refractivity contribution in [1.29, 1.82) is 0 Å². The number of halogens is 2. The van der Waals surface area contributed by atoms with E-state index in [0.29, 0.717) is 37.6 Å². The van der Waals surface area contributed by atoms with Crippen LogP contribution < -0.4 is 14.5 Å². The number of carbonyl (C=O) groups excluding carboxylic acids is 2. The number of hydrazone groups is 1. The van der Waals surface area contributed by atoms with E-state index in [2.05, 4.69) is 10.5 Å². The first kappa shape index (κ1) is 26.7. The average molecular weight is 543 g/mol. The van der Waals surface area contributed by atoms with E-state index < -0.39 is 22.5 Å². The molecule has 1 aliphatic rings. The molecule has 13 heteroatoms. The fourth-order valence-corrected chi connectivity index (χ4v) is 4.48. The molecule has 1 heterocycles. The lowest BCUT2D eigenvalue weighted by atomic mass is 10.2. The molecule has 1 aliphatic heterocycles. The smallest absolute Gasteiger partial charge is 0.260 e. The lowest BCUT2D eigenvalue weighted by molar-refractivity contribution is -0.137. The van der Waals surface area contributed by atoms with Gasteiger partial charge in [0.2, 0.25) is 10.0 Å². The molecule has 0 unspecified atom stereocenters. The summed E-state index contributed by atoms with van der Waals surface area (Å²) in [5, 5.41) is 4.33. The Kier molecular flexibility index (Phi) is 9.33. The maximum atomic E-state index is 12.3. The van der Waals surface area contributed by atoms with Crippen molar-refractivity contribution in [2.75, 3.05) is 50.0 Å². The SMILES string of the molecule is CS(=O)(=O)N(CC(=O)N/N=C\c1ccc(OCC(=O)N2CCOCC2)cc1)c1cc(Cl)cc(Cl)c1. The van der Waals surface area contributed by atoms with Crippen molar-refractivity contribution in [1.82, 2.24) is 10.3 Å². The van der Waals surface area contributed by atoms with Crippen LogP contribution in [0.1, 0.15) is 5.56 Å². The number of hydrogen-bond acceptors (Lipinski definition) is 7. The molecule has 0 bridgehead atoms. The van der Waals surface area contributed by atoms with Gasteiger partial charge in [-0.25, -0.2) is 13.8 Å². The molecule has 2 aromatic rings. The minimum absolute atomic E-state index is 0.0713. The second kappa shape index (κ2) is 12.2. The summed E-state index contributed by atoms with van der Waals surface area (Å²) >= 11 is 11.9. The van der Waals surface area contributed by atoms with Crippen molar-refractivity contribution in [2.45, 2.75) is 0 Å². The number of anilines is 1. The summed E-state index contributed by atoms with van der Waals surface area (Å²) < 4.78 is 36.0.